The van der Waals surface area contributed by atoms with E-state index >= 15 is 0 Å². The molecule has 0 aromatic heterocycles. The van der Waals surface area contributed by atoms with Gasteiger partial charge in [0.1, 0.15) is 0 Å². The van der Waals surface area contributed by atoms with Crippen LogP contribution in [0.1, 0.15) is 142 Å². The first kappa shape index (κ1) is 36.5. The zero-order valence-electron chi connectivity index (χ0n) is 21.5. The Morgan fingerprint density at radius 3 is 1.06 bits per heavy atom. The molecule has 193 valence electrons. The van der Waals surface area contributed by atoms with E-state index in [0.29, 0.717) is 0 Å². The van der Waals surface area contributed by atoms with Gasteiger partial charge in [0.2, 0.25) is 0 Å². The first-order valence-corrected chi connectivity index (χ1v) is 13.2. The molecule has 0 fully saturated rings. The second kappa shape index (κ2) is 33.1. The van der Waals surface area contributed by atoms with Crippen molar-refractivity contribution in [1.29, 1.82) is 0 Å². The van der Waals surface area contributed by atoms with Gasteiger partial charge in [-0.2, -0.15) is 0 Å². The van der Waals surface area contributed by atoms with Crippen LogP contribution in [0.3, 0.4) is 0 Å². The summed E-state index contributed by atoms with van der Waals surface area (Å²) in [6.07, 6.45) is 30.2. The molecule has 0 saturated carbocycles. The number of aliphatic carboxylic acids is 2. The average molecular weight is 506 g/mol. The maximum absolute atomic E-state index is 10.1. The number of hydrogen-bond donors (Lipinski definition) is 0. The Bertz CT molecular complexity index is 419. The predicted octanol–water partition coefficient (Wildman–Crippen LogP) is 6.42. The molecule has 33 heavy (non-hydrogen) atoms. The number of rotatable bonds is 22. The van der Waals surface area contributed by atoms with Gasteiger partial charge in [-0.1, -0.05) is 102 Å². The topological polar surface area (TPSA) is 80.3 Å². The number of carboxylic acids is 2. The number of carbonyl (C=O) groups excluding carboxylic acids is 2. The molecule has 0 saturated heterocycles. The van der Waals surface area contributed by atoms with E-state index < -0.39 is 11.9 Å². The van der Waals surface area contributed by atoms with Crippen molar-refractivity contribution in [3.8, 4) is 0 Å². The van der Waals surface area contributed by atoms with Gasteiger partial charge in [-0.05, 0) is 64.2 Å². The van der Waals surface area contributed by atoms with Crippen molar-refractivity contribution in [2.24, 2.45) is 0 Å². The zero-order chi connectivity index (χ0) is 24.1. The SMILES string of the molecule is CCCC/C=C\CCCCCCCC(=O)[O-].CCCC/C=C\CCCCCCCC(=O)[O-].[Mn+2]. The number of carboxylic acid groups (broad SMARTS) is 2. The third-order valence-corrected chi connectivity index (χ3v) is 5.29. The Kier molecular flexibility index (Phi) is 36.6. The molecule has 0 amide bonds. The van der Waals surface area contributed by atoms with Gasteiger partial charge >= 0.3 is 17.1 Å². The third kappa shape index (κ3) is 41.7. The molecule has 0 atom stereocenters. The van der Waals surface area contributed by atoms with Crippen molar-refractivity contribution < 1.29 is 36.9 Å². The Morgan fingerprint density at radius 1 is 0.485 bits per heavy atom. The quantitative estimate of drug-likeness (QED) is 0.0965. The molecule has 0 N–H and O–H groups in total. The van der Waals surface area contributed by atoms with E-state index in [1.54, 1.807) is 0 Å². The van der Waals surface area contributed by atoms with Crippen molar-refractivity contribution in [2.45, 2.75) is 142 Å². The Labute approximate surface area is 215 Å². The summed E-state index contributed by atoms with van der Waals surface area (Å²) in [4.78, 5) is 20.3. The largest absolute Gasteiger partial charge is 2.00 e. The van der Waals surface area contributed by atoms with Gasteiger partial charge in [0.25, 0.3) is 0 Å². The van der Waals surface area contributed by atoms with Crippen LogP contribution >= 0.6 is 0 Å². The molecule has 4 nitrogen and oxygen atoms in total. The minimum absolute atomic E-state index is 0. The van der Waals surface area contributed by atoms with Gasteiger partial charge in [0.05, 0.1) is 0 Å². The summed E-state index contributed by atoms with van der Waals surface area (Å²) in [5, 5.41) is 20.3. The molecule has 0 bridgehead atoms. The van der Waals surface area contributed by atoms with Crippen molar-refractivity contribution in [3.05, 3.63) is 24.3 Å². The second-order valence-electron chi connectivity index (χ2n) is 8.58. The number of allylic oxidation sites excluding steroid dienone is 4. The molecule has 0 rings (SSSR count). The van der Waals surface area contributed by atoms with Crippen LogP contribution in [0, 0.1) is 0 Å². The van der Waals surface area contributed by atoms with Crippen molar-refractivity contribution >= 4 is 11.9 Å². The van der Waals surface area contributed by atoms with Crippen LogP contribution in [0.15, 0.2) is 24.3 Å². The molecule has 0 heterocycles. The molecule has 0 aliphatic carbocycles. The van der Waals surface area contributed by atoms with E-state index in [0.717, 1.165) is 38.5 Å². The van der Waals surface area contributed by atoms with Crippen molar-refractivity contribution in [1.82, 2.24) is 0 Å². The number of carbonyl (C=O) groups is 2. The van der Waals surface area contributed by atoms with E-state index in [-0.39, 0.29) is 29.9 Å². The van der Waals surface area contributed by atoms with E-state index in [1.165, 1.54) is 77.0 Å². The first-order chi connectivity index (χ1) is 15.5. The monoisotopic (exact) mass is 505 g/mol. The molecule has 0 aliphatic rings. The molecule has 0 aromatic rings. The Morgan fingerprint density at radius 2 is 0.758 bits per heavy atom. The summed E-state index contributed by atoms with van der Waals surface area (Å²) in [6.45, 7) is 4.42. The van der Waals surface area contributed by atoms with Crippen LogP contribution in [-0.4, -0.2) is 11.9 Å². The summed E-state index contributed by atoms with van der Waals surface area (Å²) in [6, 6.07) is 0. The van der Waals surface area contributed by atoms with Crippen LogP contribution < -0.4 is 10.2 Å². The minimum Gasteiger partial charge on any atom is -0.550 e. The van der Waals surface area contributed by atoms with Crippen LogP contribution in [0.4, 0.5) is 0 Å². The van der Waals surface area contributed by atoms with Gasteiger partial charge in [-0.25, -0.2) is 0 Å². The van der Waals surface area contributed by atoms with Crippen LogP contribution in [-0.2, 0) is 26.7 Å². The molecular formula is C28H50MnO4. The van der Waals surface area contributed by atoms with Crippen LogP contribution in [0.5, 0.6) is 0 Å². The second-order valence-corrected chi connectivity index (χ2v) is 8.58. The summed E-state index contributed by atoms with van der Waals surface area (Å²) < 4.78 is 0. The van der Waals surface area contributed by atoms with Gasteiger partial charge < -0.3 is 19.8 Å². The maximum Gasteiger partial charge on any atom is 2.00 e. The standard InChI is InChI=1S/2C14H26O2.Mn/c2*1-2-3-4-5-6-7-8-9-10-11-12-13-14(15)16;/h2*5-6H,2-4,7-13H2,1H3,(H,15,16);/q;;+2/p-2/b2*6-5-;. The van der Waals surface area contributed by atoms with Crippen molar-refractivity contribution in [2.75, 3.05) is 0 Å². The third-order valence-electron chi connectivity index (χ3n) is 5.29. The predicted molar refractivity (Wildman–Crippen MR) is 132 cm³/mol. The van der Waals surface area contributed by atoms with Gasteiger partial charge in [-0.15, -0.1) is 0 Å². The van der Waals surface area contributed by atoms with Crippen LogP contribution in [0.2, 0.25) is 0 Å². The summed E-state index contributed by atoms with van der Waals surface area (Å²) in [5.41, 5.74) is 0. The molecule has 1 radical (unpaired) electrons. The van der Waals surface area contributed by atoms with Crippen molar-refractivity contribution in [3.63, 3.8) is 0 Å². The molecule has 0 aliphatic heterocycles. The van der Waals surface area contributed by atoms with Gasteiger partial charge in [-0.3, -0.25) is 0 Å². The fraction of sp³-hybridized carbons (Fsp3) is 0.786. The number of hydrogen-bond acceptors (Lipinski definition) is 4. The fourth-order valence-electron chi connectivity index (χ4n) is 3.24. The number of unbranched alkanes of at least 4 members (excludes halogenated alkanes) is 14. The summed E-state index contributed by atoms with van der Waals surface area (Å²) in [7, 11) is 0. The fourth-order valence-corrected chi connectivity index (χ4v) is 3.24. The smallest absolute Gasteiger partial charge is 0.550 e. The van der Waals surface area contributed by atoms with E-state index in [4.69, 9.17) is 0 Å². The molecule has 0 unspecified atom stereocenters. The van der Waals surface area contributed by atoms with E-state index in [2.05, 4.69) is 38.2 Å². The molecule has 5 heteroatoms. The zero-order valence-corrected chi connectivity index (χ0v) is 22.6. The van der Waals surface area contributed by atoms with E-state index in [1.807, 2.05) is 0 Å². The molecule has 0 spiro atoms. The van der Waals surface area contributed by atoms with Gasteiger partial charge in [0, 0.05) is 11.9 Å². The maximum atomic E-state index is 10.1. The molecular weight excluding hydrogens is 455 g/mol. The molecule has 0 aromatic carbocycles. The van der Waals surface area contributed by atoms with Gasteiger partial charge in [0.15, 0.2) is 0 Å². The first-order valence-electron chi connectivity index (χ1n) is 13.2. The normalized spacial score (nSPS) is 10.7. The Hall–Kier alpha value is -1.06. The summed E-state index contributed by atoms with van der Waals surface area (Å²) >= 11 is 0. The van der Waals surface area contributed by atoms with Crippen LogP contribution in [0.25, 0.3) is 0 Å². The minimum atomic E-state index is -0.918. The van der Waals surface area contributed by atoms with E-state index in [9.17, 15) is 19.8 Å². The Balaban J connectivity index is -0.000000529. The average Bonchev–Trinajstić information content (AvgIpc) is 2.76. The summed E-state index contributed by atoms with van der Waals surface area (Å²) in [5.74, 6) is -1.84.